The lowest BCUT2D eigenvalue weighted by Crippen LogP contribution is -2.32. The van der Waals surface area contributed by atoms with Crippen LogP contribution in [0.25, 0.3) is 10.5 Å². The van der Waals surface area contributed by atoms with E-state index in [-0.39, 0.29) is 12.5 Å². The fourth-order valence-electron chi connectivity index (χ4n) is 4.86. The Morgan fingerprint density at radius 2 is 1.95 bits per heavy atom. The predicted molar refractivity (Wildman–Crippen MR) is 143 cm³/mol. The van der Waals surface area contributed by atoms with Crippen molar-refractivity contribution in [2.24, 2.45) is 5.92 Å². The second-order valence-electron chi connectivity index (χ2n) is 9.71. The molecule has 4 aromatic rings. The summed E-state index contributed by atoms with van der Waals surface area (Å²) in [5.74, 6) is 0.412. The van der Waals surface area contributed by atoms with Gasteiger partial charge >= 0.3 is 0 Å². The number of benzene rings is 2. The Bertz CT molecular complexity index is 1450. The molecule has 0 radical (unpaired) electrons. The average Bonchev–Trinajstić information content (AvgIpc) is 3.69. The number of anilines is 1. The molecular formula is C30H29N5O2. The average molecular weight is 492 g/mol. The molecule has 0 aliphatic heterocycles. The second-order valence-corrected chi connectivity index (χ2v) is 9.71. The highest BCUT2D eigenvalue weighted by Gasteiger charge is 2.36. The summed E-state index contributed by atoms with van der Waals surface area (Å²) in [5.41, 5.74) is 4.14. The van der Waals surface area contributed by atoms with Crippen LogP contribution >= 0.6 is 0 Å². The number of aryl methyl sites for hydroxylation is 1. The minimum Gasteiger partial charge on any atom is -0.395 e. The summed E-state index contributed by atoms with van der Waals surface area (Å²) >= 11 is 0. The van der Waals surface area contributed by atoms with Gasteiger partial charge in [0.2, 0.25) is 0 Å². The molecule has 5 rings (SSSR count). The number of carbonyl (C=O) groups excluding carboxylic acids is 1. The first-order valence-electron chi connectivity index (χ1n) is 12.5. The van der Waals surface area contributed by atoms with Crippen molar-refractivity contribution in [2.75, 3.05) is 11.9 Å². The van der Waals surface area contributed by atoms with Gasteiger partial charge in [-0.1, -0.05) is 43.2 Å². The SMILES string of the molecule is [C-]#[N+]c1cccc(-n2nc(C)cc2C(=O)Nc2cccc(C(CO)(CCC3CC3)c3cccnc3)c2)c1. The van der Waals surface area contributed by atoms with Crippen LogP contribution in [-0.4, -0.2) is 32.4 Å². The van der Waals surface area contributed by atoms with Crippen molar-refractivity contribution in [3.05, 3.63) is 113 Å². The van der Waals surface area contributed by atoms with Crippen LogP contribution in [0.5, 0.6) is 0 Å². The molecule has 7 nitrogen and oxygen atoms in total. The number of pyridine rings is 1. The quantitative estimate of drug-likeness (QED) is 0.288. The molecule has 2 aromatic carbocycles. The van der Waals surface area contributed by atoms with E-state index in [1.54, 1.807) is 35.1 Å². The van der Waals surface area contributed by atoms with E-state index in [2.05, 4.69) is 20.2 Å². The summed E-state index contributed by atoms with van der Waals surface area (Å²) in [6.45, 7) is 9.07. The van der Waals surface area contributed by atoms with Crippen LogP contribution in [0.4, 0.5) is 11.4 Å². The van der Waals surface area contributed by atoms with E-state index in [1.165, 1.54) is 12.8 Å². The lowest BCUT2D eigenvalue weighted by molar-refractivity contribution is 0.101. The molecule has 7 heteroatoms. The molecule has 1 fully saturated rings. The number of aromatic nitrogens is 3. The molecule has 1 saturated carbocycles. The monoisotopic (exact) mass is 491 g/mol. The van der Waals surface area contributed by atoms with Gasteiger partial charge in [-0.2, -0.15) is 5.10 Å². The molecule has 2 N–H and O–H groups in total. The molecule has 1 aliphatic rings. The van der Waals surface area contributed by atoms with Crippen LogP contribution in [0.1, 0.15) is 53.0 Å². The molecule has 186 valence electrons. The summed E-state index contributed by atoms with van der Waals surface area (Å²) in [6.07, 6.45) is 7.90. The molecule has 2 aromatic heterocycles. The third-order valence-corrected chi connectivity index (χ3v) is 7.10. The van der Waals surface area contributed by atoms with Gasteiger partial charge in [-0.3, -0.25) is 9.78 Å². The van der Waals surface area contributed by atoms with Crippen molar-refractivity contribution in [1.82, 2.24) is 14.8 Å². The van der Waals surface area contributed by atoms with Crippen molar-refractivity contribution in [2.45, 2.75) is 38.0 Å². The number of amides is 1. The summed E-state index contributed by atoms with van der Waals surface area (Å²) in [7, 11) is 0. The Hall–Kier alpha value is -4.28. The number of nitrogens with one attached hydrogen (secondary N) is 1. The number of aliphatic hydroxyl groups excluding tert-OH is 1. The zero-order chi connectivity index (χ0) is 25.8. The minimum absolute atomic E-state index is 0.0494. The van der Waals surface area contributed by atoms with Crippen molar-refractivity contribution in [3.8, 4) is 5.69 Å². The van der Waals surface area contributed by atoms with E-state index in [4.69, 9.17) is 6.57 Å². The highest BCUT2D eigenvalue weighted by molar-refractivity contribution is 6.03. The number of carbonyl (C=O) groups is 1. The van der Waals surface area contributed by atoms with Crippen LogP contribution in [0.15, 0.2) is 79.1 Å². The lowest BCUT2D eigenvalue weighted by atomic mass is 9.72. The van der Waals surface area contributed by atoms with Crippen molar-refractivity contribution in [1.29, 1.82) is 0 Å². The molecule has 1 atom stereocenters. The van der Waals surface area contributed by atoms with Gasteiger partial charge in [0.15, 0.2) is 5.69 Å². The molecule has 2 heterocycles. The fourth-order valence-corrected chi connectivity index (χ4v) is 4.86. The lowest BCUT2D eigenvalue weighted by Gasteiger charge is -2.33. The summed E-state index contributed by atoms with van der Waals surface area (Å²) in [5, 5.41) is 18.2. The van der Waals surface area contributed by atoms with Crippen molar-refractivity contribution in [3.63, 3.8) is 0 Å². The summed E-state index contributed by atoms with van der Waals surface area (Å²) in [4.78, 5) is 21.2. The van der Waals surface area contributed by atoms with E-state index in [9.17, 15) is 9.90 Å². The number of hydrogen-bond acceptors (Lipinski definition) is 4. The van der Waals surface area contributed by atoms with Gasteiger partial charge in [-0.15, -0.1) is 0 Å². The van der Waals surface area contributed by atoms with Crippen LogP contribution in [-0.2, 0) is 5.41 Å². The van der Waals surface area contributed by atoms with E-state index in [0.717, 1.165) is 29.9 Å². The van der Waals surface area contributed by atoms with Crippen LogP contribution < -0.4 is 5.32 Å². The van der Waals surface area contributed by atoms with E-state index in [1.807, 2.05) is 55.6 Å². The van der Waals surface area contributed by atoms with Gasteiger partial charge in [0.25, 0.3) is 5.91 Å². The van der Waals surface area contributed by atoms with Crippen LogP contribution in [0.2, 0.25) is 0 Å². The Balaban J connectivity index is 1.46. The maximum Gasteiger partial charge on any atom is 0.274 e. The molecule has 0 saturated heterocycles. The molecule has 37 heavy (non-hydrogen) atoms. The maximum atomic E-state index is 13.4. The largest absolute Gasteiger partial charge is 0.395 e. The van der Waals surface area contributed by atoms with Crippen molar-refractivity contribution >= 4 is 17.3 Å². The minimum atomic E-state index is -0.601. The first-order valence-corrected chi connectivity index (χ1v) is 12.5. The molecular weight excluding hydrogens is 462 g/mol. The molecule has 1 aliphatic carbocycles. The normalized spacial score (nSPS) is 14.5. The zero-order valence-corrected chi connectivity index (χ0v) is 20.8. The molecule has 0 spiro atoms. The Kier molecular flexibility index (Phi) is 6.85. The molecule has 1 unspecified atom stereocenters. The van der Waals surface area contributed by atoms with Gasteiger partial charge in [0.1, 0.15) is 5.69 Å². The van der Waals surface area contributed by atoms with Gasteiger partial charge in [0, 0.05) is 23.5 Å². The van der Waals surface area contributed by atoms with Crippen LogP contribution in [0.3, 0.4) is 0 Å². The van der Waals surface area contributed by atoms with Crippen LogP contribution in [0, 0.1) is 19.4 Å². The Labute approximate surface area is 216 Å². The van der Waals surface area contributed by atoms with Crippen molar-refractivity contribution < 1.29 is 9.90 Å². The fraction of sp³-hybridized carbons (Fsp3) is 0.267. The molecule has 1 amide bonds. The highest BCUT2D eigenvalue weighted by Crippen LogP contribution is 2.42. The standard InChI is InChI=1S/C30H29N5O2/c1-21-16-28(35(34-21)27-10-4-8-25(18-27)31-2)29(37)33-26-9-3-6-23(17-26)30(20-36,14-13-22-11-12-22)24-7-5-15-32-19-24/h3-10,15-19,22,36H,11-14,20H2,1H3,(H,33,37). The van der Waals surface area contributed by atoms with Gasteiger partial charge < -0.3 is 10.4 Å². The number of nitrogens with zero attached hydrogens (tertiary/aromatic N) is 4. The number of rotatable bonds is 9. The third kappa shape index (κ3) is 5.16. The van der Waals surface area contributed by atoms with E-state index < -0.39 is 5.41 Å². The first-order chi connectivity index (χ1) is 18.0. The van der Waals surface area contributed by atoms with Gasteiger partial charge in [0.05, 0.1) is 24.6 Å². The summed E-state index contributed by atoms with van der Waals surface area (Å²) in [6, 6.07) is 20.4. The van der Waals surface area contributed by atoms with E-state index >= 15 is 0 Å². The summed E-state index contributed by atoms with van der Waals surface area (Å²) < 4.78 is 1.56. The Morgan fingerprint density at radius 3 is 2.68 bits per heavy atom. The first kappa shape index (κ1) is 24.4. The smallest absolute Gasteiger partial charge is 0.274 e. The maximum absolute atomic E-state index is 13.4. The third-order valence-electron chi connectivity index (χ3n) is 7.10. The zero-order valence-electron chi connectivity index (χ0n) is 20.8. The number of aliphatic hydroxyl groups is 1. The second kappa shape index (κ2) is 10.4. The Morgan fingerprint density at radius 1 is 1.14 bits per heavy atom. The number of hydrogen-bond donors (Lipinski definition) is 2. The van der Waals surface area contributed by atoms with E-state index in [0.29, 0.717) is 28.5 Å². The highest BCUT2D eigenvalue weighted by atomic mass is 16.3. The topological polar surface area (TPSA) is 84.4 Å². The van der Waals surface area contributed by atoms with Gasteiger partial charge in [-0.25, -0.2) is 9.53 Å². The predicted octanol–water partition coefficient (Wildman–Crippen LogP) is 5.85. The van der Waals surface area contributed by atoms with Gasteiger partial charge in [-0.05, 0) is 73.2 Å². The molecule has 0 bridgehead atoms.